The highest BCUT2D eigenvalue weighted by Crippen LogP contribution is 2.24. The summed E-state index contributed by atoms with van der Waals surface area (Å²) in [6.45, 7) is 6.40. The fourth-order valence-corrected chi connectivity index (χ4v) is 2.30. The van der Waals surface area contributed by atoms with Crippen molar-refractivity contribution in [3.63, 3.8) is 0 Å². The van der Waals surface area contributed by atoms with Crippen LogP contribution in [0.15, 0.2) is 23.1 Å². The highest BCUT2D eigenvalue weighted by molar-refractivity contribution is 7.90. The molecule has 0 aliphatic heterocycles. The van der Waals surface area contributed by atoms with E-state index in [-0.39, 0.29) is 4.90 Å². The molecule has 0 fully saturated rings. The topological polar surface area (TPSA) is 72.2 Å². The maximum atomic E-state index is 11.4. The van der Waals surface area contributed by atoms with E-state index in [4.69, 9.17) is 5.73 Å². The van der Waals surface area contributed by atoms with Crippen LogP contribution in [-0.2, 0) is 9.84 Å². The summed E-state index contributed by atoms with van der Waals surface area (Å²) in [6, 6.07) is 5.10. The lowest BCUT2D eigenvalue weighted by atomic mass is 10.0. The maximum absolute atomic E-state index is 11.4. The van der Waals surface area contributed by atoms with Crippen LogP contribution in [-0.4, -0.2) is 20.7 Å². The first-order valence-electron chi connectivity index (χ1n) is 6.11. The molecular weight excluding hydrogens is 248 g/mol. The first-order chi connectivity index (χ1) is 8.25. The lowest BCUT2D eigenvalue weighted by Gasteiger charge is -2.22. The van der Waals surface area contributed by atoms with Crippen molar-refractivity contribution in [1.29, 1.82) is 0 Å². The third-order valence-corrected chi connectivity index (χ3v) is 4.44. The molecule has 4 nitrogen and oxygen atoms in total. The third kappa shape index (κ3) is 3.63. The number of sulfone groups is 1. The molecule has 5 heteroatoms. The number of hydrogen-bond acceptors (Lipinski definition) is 4. The molecule has 0 heterocycles. The molecule has 102 valence electrons. The number of benzene rings is 1. The summed E-state index contributed by atoms with van der Waals surface area (Å²) < 4.78 is 22.8. The fraction of sp³-hybridized carbons (Fsp3) is 0.538. The fourth-order valence-electron chi connectivity index (χ4n) is 1.64. The number of rotatable bonds is 5. The summed E-state index contributed by atoms with van der Waals surface area (Å²) in [5.41, 5.74) is 7.13. The van der Waals surface area contributed by atoms with Crippen LogP contribution in [0.3, 0.4) is 0 Å². The zero-order chi connectivity index (χ0) is 13.9. The second kappa shape index (κ2) is 5.61. The van der Waals surface area contributed by atoms with Crippen molar-refractivity contribution in [2.75, 3.05) is 17.3 Å². The predicted molar refractivity (Wildman–Crippen MR) is 76.5 cm³/mol. The average molecular weight is 270 g/mol. The van der Waals surface area contributed by atoms with Gasteiger partial charge >= 0.3 is 0 Å². The molecule has 0 saturated heterocycles. The molecule has 0 radical (unpaired) electrons. The molecule has 2 atom stereocenters. The average Bonchev–Trinajstić information content (AvgIpc) is 2.29. The number of hydrogen-bond donors (Lipinski definition) is 2. The van der Waals surface area contributed by atoms with Crippen LogP contribution in [0.1, 0.15) is 27.2 Å². The van der Waals surface area contributed by atoms with Crippen LogP contribution in [0, 0.1) is 5.92 Å². The van der Waals surface area contributed by atoms with Gasteiger partial charge in [0.15, 0.2) is 9.84 Å². The number of nitrogens with one attached hydrogen (secondary N) is 1. The van der Waals surface area contributed by atoms with Gasteiger partial charge in [0.25, 0.3) is 0 Å². The van der Waals surface area contributed by atoms with Crippen molar-refractivity contribution in [3.8, 4) is 0 Å². The molecule has 0 aliphatic rings. The zero-order valence-electron chi connectivity index (χ0n) is 11.4. The van der Waals surface area contributed by atoms with Gasteiger partial charge in [-0.25, -0.2) is 8.42 Å². The molecule has 0 saturated carbocycles. The van der Waals surface area contributed by atoms with Crippen molar-refractivity contribution >= 4 is 21.2 Å². The monoisotopic (exact) mass is 270 g/mol. The van der Waals surface area contributed by atoms with Gasteiger partial charge in [-0.1, -0.05) is 20.3 Å². The van der Waals surface area contributed by atoms with Crippen LogP contribution < -0.4 is 11.1 Å². The Hall–Kier alpha value is -1.23. The van der Waals surface area contributed by atoms with Gasteiger partial charge in [0.2, 0.25) is 0 Å². The molecule has 0 spiro atoms. The predicted octanol–water partition coefficient (Wildman–Crippen LogP) is 2.52. The van der Waals surface area contributed by atoms with Gasteiger partial charge in [0.1, 0.15) is 0 Å². The molecule has 18 heavy (non-hydrogen) atoms. The summed E-state index contributed by atoms with van der Waals surface area (Å²) in [7, 11) is -3.20. The Balaban J connectivity index is 2.94. The van der Waals surface area contributed by atoms with Crippen LogP contribution in [0.2, 0.25) is 0 Å². The standard InChI is InChI=1S/C13H22N2O2S/c1-5-9(2)10(3)15-13-7-6-11(8-12(13)14)18(4,16)17/h6-10,15H,5,14H2,1-4H3. The van der Waals surface area contributed by atoms with Gasteiger partial charge < -0.3 is 11.1 Å². The van der Waals surface area contributed by atoms with Crippen molar-refractivity contribution in [3.05, 3.63) is 18.2 Å². The lowest BCUT2D eigenvalue weighted by Crippen LogP contribution is -2.23. The number of nitrogen functional groups attached to an aromatic ring is 1. The van der Waals surface area contributed by atoms with Gasteiger partial charge in [0, 0.05) is 12.3 Å². The van der Waals surface area contributed by atoms with Crippen LogP contribution in [0.25, 0.3) is 0 Å². The van der Waals surface area contributed by atoms with E-state index in [0.29, 0.717) is 17.6 Å². The smallest absolute Gasteiger partial charge is 0.175 e. The summed E-state index contributed by atoms with van der Waals surface area (Å²) in [6.07, 6.45) is 2.26. The summed E-state index contributed by atoms with van der Waals surface area (Å²) in [5, 5.41) is 3.32. The lowest BCUT2D eigenvalue weighted by molar-refractivity contribution is 0.495. The molecule has 0 aliphatic carbocycles. The Morgan fingerprint density at radius 2 is 1.94 bits per heavy atom. The Morgan fingerprint density at radius 1 is 1.33 bits per heavy atom. The Labute approximate surface area is 110 Å². The van der Waals surface area contributed by atoms with Gasteiger partial charge in [-0.05, 0) is 31.0 Å². The first kappa shape index (κ1) is 14.8. The maximum Gasteiger partial charge on any atom is 0.175 e. The van der Waals surface area contributed by atoms with E-state index in [1.54, 1.807) is 12.1 Å². The van der Waals surface area contributed by atoms with Crippen LogP contribution in [0.4, 0.5) is 11.4 Å². The molecular formula is C13H22N2O2S. The minimum Gasteiger partial charge on any atom is -0.397 e. The summed E-state index contributed by atoms with van der Waals surface area (Å²) >= 11 is 0. The van der Waals surface area contributed by atoms with E-state index in [2.05, 4.69) is 26.1 Å². The second-order valence-electron chi connectivity index (χ2n) is 4.84. The number of nitrogens with two attached hydrogens (primary N) is 1. The molecule has 3 N–H and O–H groups in total. The molecule has 0 aromatic heterocycles. The minimum absolute atomic E-state index is 0.252. The van der Waals surface area contributed by atoms with Crippen LogP contribution >= 0.6 is 0 Å². The molecule has 0 bridgehead atoms. The van der Waals surface area contributed by atoms with Crippen LogP contribution in [0.5, 0.6) is 0 Å². The highest BCUT2D eigenvalue weighted by atomic mass is 32.2. The van der Waals surface area contributed by atoms with E-state index in [9.17, 15) is 8.42 Å². The molecule has 1 rings (SSSR count). The molecule has 1 aromatic carbocycles. The normalized spacial score (nSPS) is 15.1. The summed E-state index contributed by atoms with van der Waals surface area (Å²) in [4.78, 5) is 0.252. The largest absolute Gasteiger partial charge is 0.397 e. The van der Waals surface area contributed by atoms with E-state index in [1.807, 2.05) is 0 Å². The van der Waals surface area contributed by atoms with Crippen molar-refractivity contribution in [1.82, 2.24) is 0 Å². The Morgan fingerprint density at radius 3 is 2.39 bits per heavy atom. The van der Waals surface area contributed by atoms with Crippen molar-refractivity contribution < 1.29 is 8.42 Å². The molecule has 0 amide bonds. The second-order valence-corrected chi connectivity index (χ2v) is 6.86. The van der Waals surface area contributed by atoms with E-state index in [1.165, 1.54) is 12.3 Å². The molecule has 2 unspecified atom stereocenters. The Bertz CT molecular complexity index is 512. The van der Waals surface area contributed by atoms with Gasteiger partial charge in [0.05, 0.1) is 16.3 Å². The Kier molecular flexibility index (Phi) is 4.62. The van der Waals surface area contributed by atoms with E-state index < -0.39 is 9.84 Å². The van der Waals surface area contributed by atoms with Crippen molar-refractivity contribution in [2.24, 2.45) is 5.92 Å². The summed E-state index contributed by atoms with van der Waals surface area (Å²) in [5.74, 6) is 0.527. The zero-order valence-corrected chi connectivity index (χ0v) is 12.2. The third-order valence-electron chi connectivity index (χ3n) is 3.33. The quantitative estimate of drug-likeness (QED) is 0.806. The SMILES string of the molecule is CCC(C)C(C)Nc1ccc(S(C)(=O)=O)cc1N. The van der Waals surface area contributed by atoms with Gasteiger partial charge in [-0.2, -0.15) is 0 Å². The van der Waals surface area contributed by atoms with Gasteiger partial charge in [-0.15, -0.1) is 0 Å². The number of anilines is 2. The van der Waals surface area contributed by atoms with E-state index in [0.717, 1.165) is 12.1 Å². The van der Waals surface area contributed by atoms with E-state index >= 15 is 0 Å². The highest BCUT2D eigenvalue weighted by Gasteiger charge is 2.13. The van der Waals surface area contributed by atoms with Crippen molar-refractivity contribution in [2.45, 2.75) is 38.1 Å². The minimum atomic E-state index is -3.20. The van der Waals surface area contributed by atoms with Gasteiger partial charge in [-0.3, -0.25) is 0 Å². The first-order valence-corrected chi connectivity index (χ1v) is 8.01. The molecule has 1 aromatic rings.